The van der Waals surface area contributed by atoms with Crippen LogP contribution in [0.4, 0.5) is 5.95 Å². The van der Waals surface area contributed by atoms with E-state index in [-0.39, 0.29) is 16.8 Å². The lowest BCUT2D eigenvalue weighted by atomic mass is 10.2. The molecule has 0 spiro atoms. The molecule has 24 heavy (non-hydrogen) atoms. The Bertz CT molecular complexity index is 944. The van der Waals surface area contributed by atoms with Crippen LogP contribution in [0.5, 0.6) is 0 Å². The van der Waals surface area contributed by atoms with Gasteiger partial charge in [-0.2, -0.15) is 10.1 Å². The number of nitrogens with one attached hydrogen (secondary N) is 1. The van der Waals surface area contributed by atoms with Gasteiger partial charge in [-0.25, -0.2) is 13.1 Å². The smallest absolute Gasteiger partial charge is 0.277 e. The molecule has 3 aromatic rings. The van der Waals surface area contributed by atoms with E-state index in [1.807, 2.05) is 30.3 Å². The summed E-state index contributed by atoms with van der Waals surface area (Å²) in [5, 5.41) is 7.76. The molecule has 9 heteroatoms. The summed E-state index contributed by atoms with van der Waals surface area (Å²) in [5.74, 6) is 0.699. The number of hydrogen-bond acceptors (Lipinski definition) is 6. The van der Waals surface area contributed by atoms with Gasteiger partial charge in [0.2, 0.25) is 5.89 Å². The fraction of sp³-hybridized carbons (Fsp3) is 0.267. The van der Waals surface area contributed by atoms with Crippen molar-refractivity contribution in [2.45, 2.75) is 30.2 Å². The molecule has 8 nitrogen and oxygen atoms in total. The Balaban J connectivity index is 1.49. The minimum absolute atomic E-state index is 0.0484. The third kappa shape index (κ3) is 3.16. The van der Waals surface area contributed by atoms with Gasteiger partial charge in [0.15, 0.2) is 0 Å². The second kappa shape index (κ2) is 5.75. The molecule has 4 rings (SSSR count). The van der Waals surface area contributed by atoms with Crippen molar-refractivity contribution in [1.82, 2.24) is 19.9 Å². The van der Waals surface area contributed by atoms with Gasteiger partial charge in [0.05, 0.1) is 12.7 Å². The summed E-state index contributed by atoms with van der Waals surface area (Å²) in [6.45, 7) is 0.490. The second-order valence-corrected chi connectivity index (χ2v) is 7.38. The monoisotopic (exact) mass is 345 g/mol. The van der Waals surface area contributed by atoms with Gasteiger partial charge in [0, 0.05) is 12.1 Å². The van der Waals surface area contributed by atoms with E-state index < -0.39 is 10.0 Å². The fourth-order valence-corrected chi connectivity index (χ4v) is 3.18. The second-order valence-electron chi connectivity index (χ2n) is 5.70. The number of benzene rings is 1. The summed E-state index contributed by atoms with van der Waals surface area (Å²) < 4.78 is 33.7. The summed E-state index contributed by atoms with van der Waals surface area (Å²) in [4.78, 5) is 4.11. The summed E-state index contributed by atoms with van der Waals surface area (Å²) in [5.41, 5.74) is 1.03. The van der Waals surface area contributed by atoms with Crippen molar-refractivity contribution in [3.05, 3.63) is 54.2 Å². The molecule has 0 saturated heterocycles. The molecule has 0 aliphatic heterocycles. The predicted molar refractivity (Wildman–Crippen MR) is 84.9 cm³/mol. The Kier molecular flexibility index (Phi) is 3.57. The Hall–Kier alpha value is -2.68. The Morgan fingerprint density at radius 1 is 1.25 bits per heavy atom. The fourth-order valence-electron chi connectivity index (χ4n) is 2.29. The van der Waals surface area contributed by atoms with Crippen LogP contribution < -0.4 is 4.72 Å². The average Bonchev–Trinajstić information content (AvgIpc) is 3.13. The van der Waals surface area contributed by atoms with Crippen LogP contribution in [-0.4, -0.2) is 28.3 Å². The highest BCUT2D eigenvalue weighted by atomic mass is 32.2. The third-order valence-electron chi connectivity index (χ3n) is 3.70. The standard InChI is InChI=1S/C15H15N5O3S/c21-24(22,19-15-17-14(23-18-15)12-6-7-12)13-8-16-20(10-13)9-11-4-2-1-3-5-11/h1-5,8,10,12H,6-7,9H2,(H,18,19). The van der Waals surface area contributed by atoms with Gasteiger partial charge in [0.25, 0.3) is 16.0 Å². The number of hydrogen-bond donors (Lipinski definition) is 1. The lowest BCUT2D eigenvalue weighted by Gasteiger charge is -2.02. The van der Waals surface area contributed by atoms with Gasteiger partial charge < -0.3 is 4.52 Å². The normalized spacial score (nSPS) is 14.7. The van der Waals surface area contributed by atoms with Crippen LogP contribution in [0.3, 0.4) is 0 Å². The van der Waals surface area contributed by atoms with E-state index in [2.05, 4.69) is 20.0 Å². The number of anilines is 1. The molecule has 124 valence electrons. The predicted octanol–water partition coefficient (Wildman–Crippen LogP) is 1.99. The zero-order valence-corrected chi connectivity index (χ0v) is 13.5. The van der Waals surface area contributed by atoms with Crippen molar-refractivity contribution in [2.24, 2.45) is 0 Å². The van der Waals surface area contributed by atoms with Crippen molar-refractivity contribution < 1.29 is 12.9 Å². The Labute approximate surface area is 138 Å². The highest BCUT2D eigenvalue weighted by Gasteiger charge is 2.30. The van der Waals surface area contributed by atoms with Crippen molar-refractivity contribution in [3.63, 3.8) is 0 Å². The van der Waals surface area contributed by atoms with Crippen LogP contribution >= 0.6 is 0 Å². The summed E-state index contributed by atoms with van der Waals surface area (Å²) in [7, 11) is -3.80. The molecule has 1 aliphatic carbocycles. The van der Waals surface area contributed by atoms with Crippen molar-refractivity contribution >= 4 is 16.0 Å². The molecule has 1 aliphatic rings. The van der Waals surface area contributed by atoms with E-state index in [0.717, 1.165) is 18.4 Å². The molecule has 0 unspecified atom stereocenters. The van der Waals surface area contributed by atoms with Gasteiger partial charge >= 0.3 is 0 Å². The zero-order valence-electron chi connectivity index (χ0n) is 12.7. The van der Waals surface area contributed by atoms with Gasteiger partial charge in [-0.3, -0.25) is 4.68 Å². The molecule has 0 amide bonds. The molecule has 0 atom stereocenters. The van der Waals surface area contributed by atoms with E-state index in [0.29, 0.717) is 12.4 Å². The Morgan fingerprint density at radius 3 is 2.79 bits per heavy atom. The quantitative estimate of drug-likeness (QED) is 0.733. The van der Waals surface area contributed by atoms with E-state index >= 15 is 0 Å². The van der Waals surface area contributed by atoms with Gasteiger partial charge in [-0.05, 0) is 23.6 Å². The van der Waals surface area contributed by atoms with Crippen molar-refractivity contribution in [1.29, 1.82) is 0 Å². The minimum Gasteiger partial charge on any atom is -0.337 e. The van der Waals surface area contributed by atoms with E-state index in [1.54, 1.807) is 4.68 Å². The highest BCUT2D eigenvalue weighted by Crippen LogP contribution is 2.39. The van der Waals surface area contributed by atoms with E-state index in [1.165, 1.54) is 12.4 Å². The van der Waals surface area contributed by atoms with E-state index in [9.17, 15) is 8.42 Å². The van der Waals surface area contributed by atoms with Crippen LogP contribution in [0.15, 0.2) is 52.1 Å². The average molecular weight is 345 g/mol. The van der Waals surface area contributed by atoms with Crippen LogP contribution in [0.25, 0.3) is 0 Å². The molecule has 0 bridgehead atoms. The highest BCUT2D eigenvalue weighted by molar-refractivity contribution is 7.92. The third-order valence-corrected chi connectivity index (χ3v) is 4.98. The first-order valence-electron chi connectivity index (χ1n) is 7.53. The van der Waals surface area contributed by atoms with Gasteiger partial charge in [-0.1, -0.05) is 30.3 Å². The largest absolute Gasteiger partial charge is 0.337 e. The first-order valence-corrected chi connectivity index (χ1v) is 9.01. The summed E-state index contributed by atoms with van der Waals surface area (Å²) in [6, 6.07) is 9.67. The number of sulfonamides is 1. The lowest BCUT2D eigenvalue weighted by molar-refractivity contribution is 0.380. The number of nitrogens with zero attached hydrogens (tertiary/aromatic N) is 4. The Morgan fingerprint density at radius 2 is 2.04 bits per heavy atom. The molecular formula is C15H15N5O3S. The minimum atomic E-state index is -3.80. The molecule has 0 radical (unpaired) electrons. The molecule has 1 aromatic carbocycles. The molecule has 1 N–H and O–H groups in total. The first kappa shape index (κ1) is 14.9. The molecular weight excluding hydrogens is 330 g/mol. The van der Waals surface area contributed by atoms with Crippen LogP contribution in [-0.2, 0) is 16.6 Å². The molecule has 2 heterocycles. The SMILES string of the molecule is O=S(=O)(Nc1noc(C2CC2)n1)c1cnn(Cc2ccccc2)c1. The van der Waals surface area contributed by atoms with Crippen molar-refractivity contribution in [2.75, 3.05) is 4.72 Å². The zero-order chi connectivity index (χ0) is 16.6. The molecule has 2 aromatic heterocycles. The maximum absolute atomic E-state index is 12.4. The molecule has 1 fully saturated rings. The maximum Gasteiger partial charge on any atom is 0.277 e. The maximum atomic E-state index is 12.4. The van der Waals surface area contributed by atoms with E-state index in [4.69, 9.17) is 4.52 Å². The van der Waals surface area contributed by atoms with Crippen LogP contribution in [0, 0.1) is 0 Å². The number of rotatable bonds is 6. The molecule has 1 saturated carbocycles. The van der Waals surface area contributed by atoms with Gasteiger partial charge in [-0.15, -0.1) is 0 Å². The lowest BCUT2D eigenvalue weighted by Crippen LogP contribution is -2.13. The van der Waals surface area contributed by atoms with Crippen LogP contribution in [0.2, 0.25) is 0 Å². The van der Waals surface area contributed by atoms with Crippen molar-refractivity contribution in [3.8, 4) is 0 Å². The van der Waals surface area contributed by atoms with Crippen LogP contribution in [0.1, 0.15) is 30.2 Å². The first-order chi connectivity index (χ1) is 11.6. The summed E-state index contributed by atoms with van der Waals surface area (Å²) >= 11 is 0. The summed E-state index contributed by atoms with van der Waals surface area (Å²) in [6.07, 6.45) is 4.77. The topological polar surface area (TPSA) is 103 Å². The number of aromatic nitrogens is 4. The van der Waals surface area contributed by atoms with Gasteiger partial charge in [0.1, 0.15) is 4.90 Å².